The van der Waals surface area contributed by atoms with Crippen molar-refractivity contribution in [3.05, 3.63) is 53.6 Å². The topological polar surface area (TPSA) is 76.7 Å². The first-order chi connectivity index (χ1) is 16.6. The minimum absolute atomic E-state index is 0.185. The number of nitrogens with one attached hydrogen (secondary N) is 2. The zero-order valence-electron chi connectivity index (χ0n) is 20.7. The molecule has 0 saturated carbocycles. The highest BCUT2D eigenvalue weighted by Crippen LogP contribution is 2.26. The first-order valence-electron chi connectivity index (χ1n) is 12.1. The fourth-order valence-corrected chi connectivity index (χ4v) is 3.77. The molecular weight excluding hydrogens is 448 g/mol. The summed E-state index contributed by atoms with van der Waals surface area (Å²) in [5, 5.41) is 5.72. The minimum atomic E-state index is -0.281. The van der Waals surface area contributed by atoms with Crippen LogP contribution in [0.1, 0.15) is 72.6 Å². The highest BCUT2D eigenvalue weighted by Gasteiger charge is 2.14. The minimum Gasteiger partial charge on any atom is -0.495 e. The van der Waals surface area contributed by atoms with Crippen LogP contribution in [-0.2, 0) is 0 Å². The highest BCUT2D eigenvalue weighted by atomic mass is 32.2. The number of hydrogen-bond acceptors (Lipinski definition) is 5. The van der Waals surface area contributed by atoms with Crippen molar-refractivity contribution in [2.45, 2.75) is 51.9 Å². The number of anilines is 1. The summed E-state index contributed by atoms with van der Waals surface area (Å²) in [6, 6.07) is 12.1. The van der Waals surface area contributed by atoms with Gasteiger partial charge in [-0.05, 0) is 55.1 Å². The van der Waals surface area contributed by atoms with E-state index in [9.17, 15) is 9.59 Å². The van der Waals surface area contributed by atoms with Gasteiger partial charge < -0.3 is 20.1 Å². The Morgan fingerprint density at radius 3 is 2.24 bits per heavy atom. The Balaban J connectivity index is 1.87. The summed E-state index contributed by atoms with van der Waals surface area (Å²) < 4.78 is 11.2. The van der Waals surface area contributed by atoms with E-state index in [0.717, 1.165) is 17.9 Å². The van der Waals surface area contributed by atoms with Gasteiger partial charge in [0, 0.05) is 23.4 Å². The van der Waals surface area contributed by atoms with Gasteiger partial charge in [0.05, 0.1) is 19.4 Å². The van der Waals surface area contributed by atoms with Gasteiger partial charge in [0.15, 0.2) is 0 Å². The van der Waals surface area contributed by atoms with Gasteiger partial charge in [0.1, 0.15) is 11.5 Å². The first kappa shape index (κ1) is 27.6. The number of benzene rings is 2. The van der Waals surface area contributed by atoms with Crippen LogP contribution in [0.4, 0.5) is 5.69 Å². The average Bonchev–Trinajstić information content (AvgIpc) is 2.86. The van der Waals surface area contributed by atoms with Crippen molar-refractivity contribution >= 4 is 29.3 Å². The van der Waals surface area contributed by atoms with Crippen LogP contribution in [0.15, 0.2) is 42.5 Å². The van der Waals surface area contributed by atoms with Crippen molar-refractivity contribution in [3.8, 4) is 11.5 Å². The molecule has 7 heteroatoms. The molecule has 2 N–H and O–H groups in total. The third-order valence-electron chi connectivity index (χ3n) is 5.43. The van der Waals surface area contributed by atoms with Crippen LogP contribution in [0.5, 0.6) is 11.5 Å². The molecule has 2 amide bonds. The van der Waals surface area contributed by atoms with Gasteiger partial charge in [0.25, 0.3) is 11.8 Å². The normalized spacial score (nSPS) is 10.6. The van der Waals surface area contributed by atoms with E-state index in [1.54, 1.807) is 42.1 Å². The maximum absolute atomic E-state index is 12.8. The molecule has 0 bridgehead atoms. The van der Waals surface area contributed by atoms with Crippen molar-refractivity contribution in [2.75, 3.05) is 37.6 Å². The SMILES string of the molecule is CCCCCCCCCOc1ccc(C(=O)Nc2cc(C(=O)NCCSC)ccc2OC)cc1. The van der Waals surface area contributed by atoms with Crippen molar-refractivity contribution in [2.24, 2.45) is 0 Å². The molecule has 0 atom stereocenters. The monoisotopic (exact) mass is 486 g/mol. The number of amides is 2. The molecular formula is C27H38N2O4S. The summed E-state index contributed by atoms with van der Waals surface area (Å²) >= 11 is 1.66. The van der Waals surface area contributed by atoms with E-state index in [0.29, 0.717) is 35.7 Å². The quantitative estimate of drug-likeness (QED) is 0.278. The van der Waals surface area contributed by atoms with Gasteiger partial charge in [-0.15, -0.1) is 0 Å². The Morgan fingerprint density at radius 2 is 1.56 bits per heavy atom. The fourth-order valence-electron chi connectivity index (χ4n) is 3.46. The Morgan fingerprint density at radius 1 is 0.882 bits per heavy atom. The summed E-state index contributed by atoms with van der Waals surface area (Å²) in [6.07, 6.45) is 10.7. The maximum Gasteiger partial charge on any atom is 0.255 e. The molecule has 0 aliphatic rings. The van der Waals surface area contributed by atoms with Gasteiger partial charge in [0.2, 0.25) is 0 Å². The molecule has 0 saturated heterocycles. The van der Waals surface area contributed by atoms with E-state index in [1.165, 1.54) is 45.6 Å². The molecule has 0 aromatic heterocycles. The van der Waals surface area contributed by atoms with Crippen molar-refractivity contribution in [1.29, 1.82) is 0 Å². The van der Waals surface area contributed by atoms with E-state index in [1.807, 2.05) is 18.4 Å². The average molecular weight is 487 g/mol. The van der Waals surface area contributed by atoms with Crippen LogP contribution in [0, 0.1) is 0 Å². The molecule has 0 fully saturated rings. The van der Waals surface area contributed by atoms with E-state index in [2.05, 4.69) is 17.6 Å². The Bertz CT molecular complexity index is 887. The van der Waals surface area contributed by atoms with Crippen molar-refractivity contribution < 1.29 is 19.1 Å². The molecule has 0 spiro atoms. The predicted molar refractivity (Wildman–Crippen MR) is 142 cm³/mol. The lowest BCUT2D eigenvalue weighted by Gasteiger charge is -2.13. The zero-order valence-corrected chi connectivity index (χ0v) is 21.5. The van der Waals surface area contributed by atoms with E-state index in [-0.39, 0.29) is 11.8 Å². The predicted octanol–water partition coefficient (Wildman–Crippen LogP) is 6.17. The highest BCUT2D eigenvalue weighted by molar-refractivity contribution is 7.98. The Kier molecular flexibility index (Phi) is 13.0. The van der Waals surface area contributed by atoms with Gasteiger partial charge in [-0.3, -0.25) is 9.59 Å². The number of methoxy groups -OCH3 is 1. The molecule has 0 aliphatic heterocycles. The molecule has 0 unspecified atom stereocenters. The third kappa shape index (κ3) is 9.67. The molecule has 0 radical (unpaired) electrons. The van der Waals surface area contributed by atoms with Gasteiger partial charge in [-0.25, -0.2) is 0 Å². The lowest BCUT2D eigenvalue weighted by molar-refractivity contribution is 0.0954. The summed E-state index contributed by atoms with van der Waals surface area (Å²) in [5.74, 6) is 1.61. The number of ether oxygens (including phenoxy) is 2. The number of carbonyl (C=O) groups is 2. The third-order valence-corrected chi connectivity index (χ3v) is 6.05. The standard InChI is InChI=1S/C27H38N2O4S/c1-4-5-6-7-8-9-10-18-33-23-14-11-21(12-15-23)27(31)29-24-20-22(13-16-25(24)32-2)26(30)28-17-19-34-3/h11-16,20H,4-10,17-19H2,1-3H3,(H,28,30)(H,29,31). The van der Waals surface area contributed by atoms with Crippen molar-refractivity contribution in [3.63, 3.8) is 0 Å². The zero-order chi connectivity index (χ0) is 24.6. The first-order valence-corrected chi connectivity index (χ1v) is 13.5. The Labute approximate surface area is 208 Å². The second-order valence-corrected chi connectivity index (χ2v) is 9.10. The van der Waals surface area contributed by atoms with Crippen molar-refractivity contribution in [1.82, 2.24) is 5.32 Å². The van der Waals surface area contributed by atoms with E-state index in [4.69, 9.17) is 9.47 Å². The van der Waals surface area contributed by atoms with Crippen LogP contribution < -0.4 is 20.1 Å². The van der Waals surface area contributed by atoms with Gasteiger partial charge >= 0.3 is 0 Å². The summed E-state index contributed by atoms with van der Waals surface area (Å²) in [4.78, 5) is 25.1. The molecule has 0 heterocycles. The van der Waals surface area contributed by atoms with Gasteiger partial charge in [-0.2, -0.15) is 11.8 Å². The second kappa shape index (κ2) is 16.0. The van der Waals surface area contributed by atoms with Crippen LogP contribution in [-0.4, -0.2) is 44.1 Å². The largest absolute Gasteiger partial charge is 0.495 e. The maximum atomic E-state index is 12.8. The molecule has 2 rings (SSSR count). The fraction of sp³-hybridized carbons (Fsp3) is 0.481. The smallest absolute Gasteiger partial charge is 0.255 e. The van der Waals surface area contributed by atoms with Crippen LogP contribution in [0.3, 0.4) is 0 Å². The molecule has 2 aromatic rings. The molecule has 186 valence electrons. The summed E-state index contributed by atoms with van der Waals surface area (Å²) in [5.41, 5.74) is 1.41. The lowest BCUT2D eigenvalue weighted by atomic mass is 10.1. The van der Waals surface area contributed by atoms with E-state index >= 15 is 0 Å². The summed E-state index contributed by atoms with van der Waals surface area (Å²) in [6.45, 7) is 3.50. The Hall–Kier alpha value is -2.67. The van der Waals surface area contributed by atoms with Gasteiger partial charge in [-0.1, -0.05) is 45.4 Å². The van der Waals surface area contributed by atoms with Crippen LogP contribution in [0.2, 0.25) is 0 Å². The molecule has 34 heavy (non-hydrogen) atoms. The number of rotatable bonds is 16. The molecule has 6 nitrogen and oxygen atoms in total. The van der Waals surface area contributed by atoms with Crippen LogP contribution in [0.25, 0.3) is 0 Å². The number of carbonyl (C=O) groups excluding carboxylic acids is 2. The number of thioether (sulfide) groups is 1. The second-order valence-electron chi connectivity index (χ2n) is 8.11. The van der Waals surface area contributed by atoms with Crippen LogP contribution >= 0.6 is 11.8 Å². The molecule has 0 aliphatic carbocycles. The summed E-state index contributed by atoms with van der Waals surface area (Å²) in [7, 11) is 1.53. The molecule has 2 aromatic carbocycles. The lowest BCUT2D eigenvalue weighted by Crippen LogP contribution is -2.25. The number of hydrogen-bond donors (Lipinski definition) is 2. The number of unbranched alkanes of at least 4 members (excludes halogenated alkanes) is 6. The van der Waals surface area contributed by atoms with E-state index < -0.39 is 0 Å².